The van der Waals surface area contributed by atoms with Crippen molar-refractivity contribution in [3.05, 3.63) is 72.6 Å². The van der Waals surface area contributed by atoms with Gasteiger partial charge in [0.2, 0.25) is 5.91 Å². The topological polar surface area (TPSA) is 56.2 Å². The highest BCUT2D eigenvalue weighted by Crippen LogP contribution is 2.18. The van der Waals surface area contributed by atoms with E-state index in [4.69, 9.17) is 9.72 Å². The van der Waals surface area contributed by atoms with Crippen LogP contribution in [0.25, 0.3) is 11.0 Å². The largest absolute Gasteiger partial charge is 0.491 e. The first-order chi connectivity index (χ1) is 12.7. The molecule has 1 heterocycles. The van der Waals surface area contributed by atoms with Crippen molar-refractivity contribution >= 4 is 16.9 Å². The predicted octanol–water partition coefficient (Wildman–Crippen LogP) is 3.27. The molecule has 134 valence electrons. The van der Waals surface area contributed by atoms with Crippen LogP contribution in [0.15, 0.2) is 61.2 Å². The second-order valence-corrected chi connectivity index (χ2v) is 6.03. The third-order valence-electron chi connectivity index (χ3n) is 4.23. The van der Waals surface area contributed by atoms with Crippen LogP contribution in [0.2, 0.25) is 0 Å². The number of carbonyl (C=O) groups excluding carboxylic acids is 1. The number of hydrogen-bond donors (Lipinski definition) is 1. The highest BCUT2D eigenvalue weighted by Gasteiger charge is 2.11. The molecule has 0 atom stereocenters. The van der Waals surface area contributed by atoms with E-state index in [1.54, 1.807) is 0 Å². The van der Waals surface area contributed by atoms with Crippen LogP contribution in [-0.2, 0) is 17.8 Å². The highest BCUT2D eigenvalue weighted by molar-refractivity contribution is 5.86. The monoisotopic (exact) mass is 349 g/mol. The summed E-state index contributed by atoms with van der Waals surface area (Å²) in [5.74, 6) is 1.66. The van der Waals surface area contributed by atoms with Crippen LogP contribution in [-0.4, -0.2) is 28.6 Å². The quantitative estimate of drug-likeness (QED) is 0.635. The smallest absolute Gasteiger partial charge is 0.243 e. The van der Waals surface area contributed by atoms with Gasteiger partial charge < -0.3 is 14.6 Å². The van der Waals surface area contributed by atoms with Gasteiger partial charge in [-0.1, -0.05) is 36.9 Å². The molecule has 0 fully saturated rings. The summed E-state index contributed by atoms with van der Waals surface area (Å²) in [5.41, 5.74) is 3.15. The van der Waals surface area contributed by atoms with E-state index in [9.17, 15) is 4.79 Å². The molecule has 0 spiro atoms. The molecule has 26 heavy (non-hydrogen) atoms. The van der Waals surface area contributed by atoms with Crippen molar-refractivity contribution in [1.82, 2.24) is 14.9 Å². The van der Waals surface area contributed by atoms with Gasteiger partial charge in [-0.25, -0.2) is 4.98 Å². The van der Waals surface area contributed by atoms with E-state index < -0.39 is 0 Å². The lowest BCUT2D eigenvalue weighted by molar-refractivity contribution is -0.116. The second-order valence-electron chi connectivity index (χ2n) is 6.03. The second kappa shape index (κ2) is 8.34. The summed E-state index contributed by atoms with van der Waals surface area (Å²) in [4.78, 5) is 16.1. The molecule has 3 aromatic rings. The number of ether oxygens (including phenoxy) is 1. The molecule has 5 nitrogen and oxygen atoms in total. The summed E-state index contributed by atoms with van der Waals surface area (Å²) in [7, 11) is 0. The van der Waals surface area contributed by atoms with E-state index in [0.29, 0.717) is 26.1 Å². The Morgan fingerprint density at radius 1 is 1.23 bits per heavy atom. The SMILES string of the molecule is C=CC(=O)NCCc1nc2ccccc2n1CCOc1ccccc1C. The zero-order valence-electron chi connectivity index (χ0n) is 14.9. The van der Waals surface area contributed by atoms with Crippen molar-refractivity contribution in [3.8, 4) is 5.75 Å². The molecule has 0 aliphatic carbocycles. The lowest BCUT2D eigenvalue weighted by Gasteiger charge is -2.12. The van der Waals surface area contributed by atoms with Gasteiger partial charge >= 0.3 is 0 Å². The summed E-state index contributed by atoms with van der Waals surface area (Å²) in [6, 6.07) is 16.0. The number of aryl methyl sites for hydroxylation is 1. The Labute approximate surface area is 153 Å². The van der Waals surface area contributed by atoms with Gasteiger partial charge in [0.05, 0.1) is 17.6 Å². The Bertz CT molecular complexity index is 915. The lowest BCUT2D eigenvalue weighted by Crippen LogP contribution is -2.24. The van der Waals surface area contributed by atoms with Gasteiger partial charge in [0.15, 0.2) is 0 Å². The Morgan fingerprint density at radius 3 is 2.81 bits per heavy atom. The molecule has 0 saturated heterocycles. The number of imidazole rings is 1. The first-order valence-electron chi connectivity index (χ1n) is 8.72. The fourth-order valence-corrected chi connectivity index (χ4v) is 2.90. The van der Waals surface area contributed by atoms with Crippen molar-refractivity contribution in [2.75, 3.05) is 13.2 Å². The molecule has 0 bridgehead atoms. The van der Waals surface area contributed by atoms with Crippen LogP contribution in [0, 0.1) is 6.92 Å². The molecule has 1 amide bonds. The highest BCUT2D eigenvalue weighted by atomic mass is 16.5. The first-order valence-corrected chi connectivity index (χ1v) is 8.72. The van der Waals surface area contributed by atoms with E-state index in [1.165, 1.54) is 6.08 Å². The summed E-state index contributed by atoms with van der Waals surface area (Å²) in [6.07, 6.45) is 1.93. The number of nitrogens with one attached hydrogen (secondary N) is 1. The number of para-hydroxylation sites is 3. The van der Waals surface area contributed by atoms with Gasteiger partial charge in [0.25, 0.3) is 0 Å². The molecular formula is C21H23N3O2. The van der Waals surface area contributed by atoms with Crippen molar-refractivity contribution in [3.63, 3.8) is 0 Å². The fourth-order valence-electron chi connectivity index (χ4n) is 2.90. The van der Waals surface area contributed by atoms with Crippen LogP contribution >= 0.6 is 0 Å². The summed E-state index contributed by atoms with van der Waals surface area (Å²) in [5, 5.41) is 2.80. The number of benzene rings is 2. The van der Waals surface area contributed by atoms with E-state index in [1.807, 2.05) is 49.4 Å². The van der Waals surface area contributed by atoms with Crippen molar-refractivity contribution < 1.29 is 9.53 Å². The Morgan fingerprint density at radius 2 is 2.00 bits per heavy atom. The van der Waals surface area contributed by atoms with Gasteiger partial charge in [0.1, 0.15) is 18.2 Å². The van der Waals surface area contributed by atoms with E-state index >= 15 is 0 Å². The number of fused-ring (bicyclic) bond motifs is 1. The van der Waals surface area contributed by atoms with Crippen LogP contribution in [0.4, 0.5) is 0 Å². The van der Waals surface area contributed by atoms with Gasteiger partial charge in [-0.15, -0.1) is 0 Å². The maximum absolute atomic E-state index is 11.3. The van der Waals surface area contributed by atoms with Crippen molar-refractivity contribution in [1.29, 1.82) is 0 Å². The van der Waals surface area contributed by atoms with Gasteiger partial charge in [-0.2, -0.15) is 0 Å². The van der Waals surface area contributed by atoms with Crippen LogP contribution in [0.1, 0.15) is 11.4 Å². The molecule has 5 heteroatoms. The van der Waals surface area contributed by atoms with Crippen LogP contribution in [0.3, 0.4) is 0 Å². The molecule has 0 aliphatic heterocycles. The zero-order valence-corrected chi connectivity index (χ0v) is 14.9. The maximum Gasteiger partial charge on any atom is 0.243 e. The molecule has 0 aliphatic rings. The standard InChI is InChI=1S/C21H23N3O2/c1-3-21(25)22-13-12-20-23-17-9-5-6-10-18(17)24(20)14-15-26-19-11-7-4-8-16(19)2/h3-11H,1,12-15H2,2H3,(H,22,25). The predicted molar refractivity (Wildman–Crippen MR) is 103 cm³/mol. The number of carbonyl (C=O) groups is 1. The minimum Gasteiger partial charge on any atom is -0.491 e. The third-order valence-corrected chi connectivity index (χ3v) is 4.23. The molecule has 1 aromatic heterocycles. The fraction of sp³-hybridized carbons (Fsp3) is 0.238. The molecule has 2 aromatic carbocycles. The first kappa shape index (κ1) is 17.7. The van der Waals surface area contributed by atoms with Crippen molar-refractivity contribution in [2.24, 2.45) is 0 Å². The number of hydrogen-bond acceptors (Lipinski definition) is 3. The Kier molecular flexibility index (Phi) is 5.69. The number of amides is 1. The van der Waals surface area contributed by atoms with Crippen molar-refractivity contribution in [2.45, 2.75) is 19.9 Å². The third kappa shape index (κ3) is 4.11. The molecule has 0 unspecified atom stereocenters. The average molecular weight is 349 g/mol. The molecular weight excluding hydrogens is 326 g/mol. The van der Waals surface area contributed by atoms with Gasteiger partial charge in [0, 0.05) is 13.0 Å². The summed E-state index contributed by atoms with van der Waals surface area (Å²) < 4.78 is 8.10. The summed E-state index contributed by atoms with van der Waals surface area (Å²) >= 11 is 0. The van der Waals surface area contributed by atoms with Gasteiger partial charge in [-0.3, -0.25) is 4.79 Å². The lowest BCUT2D eigenvalue weighted by atomic mass is 10.2. The van der Waals surface area contributed by atoms with Crippen LogP contribution < -0.4 is 10.1 Å². The zero-order chi connectivity index (χ0) is 18.4. The number of aromatic nitrogens is 2. The molecule has 0 radical (unpaired) electrons. The number of rotatable bonds is 8. The van der Waals surface area contributed by atoms with Crippen LogP contribution in [0.5, 0.6) is 5.75 Å². The van der Waals surface area contributed by atoms with E-state index in [0.717, 1.165) is 28.2 Å². The molecule has 1 N–H and O–H groups in total. The molecule has 0 saturated carbocycles. The average Bonchev–Trinajstić information content (AvgIpc) is 3.01. The maximum atomic E-state index is 11.3. The normalized spacial score (nSPS) is 10.7. The van der Waals surface area contributed by atoms with E-state index in [-0.39, 0.29) is 5.91 Å². The summed E-state index contributed by atoms with van der Waals surface area (Å²) in [6.45, 7) is 7.27. The Balaban J connectivity index is 1.72. The minimum absolute atomic E-state index is 0.171. The molecule has 3 rings (SSSR count). The minimum atomic E-state index is -0.171. The van der Waals surface area contributed by atoms with Gasteiger partial charge in [-0.05, 0) is 36.8 Å². The number of nitrogens with zero attached hydrogens (tertiary/aromatic N) is 2. The van der Waals surface area contributed by atoms with E-state index in [2.05, 4.69) is 22.5 Å². The Hall–Kier alpha value is -3.08.